The summed E-state index contributed by atoms with van der Waals surface area (Å²) >= 11 is 0. The van der Waals surface area contributed by atoms with Crippen LogP contribution < -0.4 is 0 Å². The molecule has 23 heavy (non-hydrogen) atoms. The van der Waals surface area contributed by atoms with Crippen LogP contribution in [0.25, 0.3) is 0 Å². The molecule has 11 nitrogen and oxygen atoms in total. The lowest BCUT2D eigenvalue weighted by Crippen LogP contribution is -2.72. The molecule has 0 amide bonds. The lowest BCUT2D eigenvalue weighted by atomic mass is 9.75. The quantitative estimate of drug-likeness (QED) is 0.291. The van der Waals surface area contributed by atoms with E-state index in [4.69, 9.17) is 15.3 Å². The van der Waals surface area contributed by atoms with Crippen molar-refractivity contribution in [3.05, 3.63) is 0 Å². The normalized spacial score (nSPS) is 32.6. The van der Waals surface area contributed by atoms with Crippen molar-refractivity contribution < 1.29 is 45.0 Å². The molecule has 1 aliphatic heterocycles. The first-order valence-corrected chi connectivity index (χ1v) is 6.78. The van der Waals surface area contributed by atoms with Crippen LogP contribution in [-0.2, 0) is 14.4 Å². The van der Waals surface area contributed by atoms with Crippen LogP contribution in [0.5, 0.6) is 0 Å². The Balaban J connectivity index is 3.33. The van der Waals surface area contributed by atoms with E-state index in [1.165, 1.54) is 6.92 Å². The largest absolute Gasteiger partial charge is 0.481 e. The number of hydrogen-bond acceptors (Lipinski definition) is 8. The van der Waals surface area contributed by atoms with Crippen LogP contribution in [0.3, 0.4) is 0 Å². The van der Waals surface area contributed by atoms with Gasteiger partial charge < -0.3 is 30.6 Å². The zero-order chi connectivity index (χ0) is 17.9. The number of aliphatic hydroxyl groups is 3. The summed E-state index contributed by atoms with van der Waals surface area (Å²) in [4.78, 5) is 34.2. The number of aliphatic carboxylic acids is 3. The molecule has 132 valence electrons. The van der Waals surface area contributed by atoms with Crippen molar-refractivity contribution in [3.8, 4) is 0 Å². The molecule has 0 aliphatic carbocycles. The Morgan fingerprint density at radius 3 is 1.52 bits per heavy atom. The highest BCUT2D eigenvalue weighted by molar-refractivity contribution is 5.70. The zero-order valence-electron chi connectivity index (χ0n) is 12.4. The fraction of sp³-hybridized carbons (Fsp3) is 0.750. The molecule has 11 heteroatoms. The van der Waals surface area contributed by atoms with Crippen LogP contribution in [0.2, 0.25) is 0 Å². The summed E-state index contributed by atoms with van der Waals surface area (Å²) in [6, 6.07) is 0. The van der Waals surface area contributed by atoms with E-state index < -0.39 is 61.6 Å². The Hall–Kier alpha value is -1.79. The molecular formula is C12H20N2O9. The van der Waals surface area contributed by atoms with E-state index in [-0.39, 0.29) is 6.42 Å². The fourth-order valence-electron chi connectivity index (χ4n) is 2.84. The molecule has 1 saturated heterocycles. The summed E-state index contributed by atoms with van der Waals surface area (Å²) in [5.74, 6) is -4.21. The van der Waals surface area contributed by atoms with Crippen molar-refractivity contribution in [2.45, 2.75) is 38.6 Å². The van der Waals surface area contributed by atoms with Gasteiger partial charge in [-0.15, -0.1) is 0 Å². The molecule has 0 aromatic rings. The van der Waals surface area contributed by atoms with E-state index in [1.807, 2.05) is 0 Å². The predicted octanol–water partition coefficient (Wildman–Crippen LogP) is -2.44. The maximum absolute atomic E-state index is 11.1. The van der Waals surface area contributed by atoms with Crippen molar-refractivity contribution in [3.63, 3.8) is 0 Å². The molecule has 0 saturated carbocycles. The molecule has 1 heterocycles. The minimum absolute atomic E-state index is 0.0966. The van der Waals surface area contributed by atoms with E-state index >= 15 is 0 Å². The molecule has 6 N–H and O–H groups in total. The van der Waals surface area contributed by atoms with Crippen LogP contribution in [0, 0.1) is 5.41 Å². The third-order valence-electron chi connectivity index (χ3n) is 4.02. The van der Waals surface area contributed by atoms with Crippen molar-refractivity contribution in [1.82, 2.24) is 9.80 Å². The lowest BCUT2D eigenvalue weighted by Gasteiger charge is -2.55. The third-order valence-corrected chi connectivity index (χ3v) is 4.02. The molecular weight excluding hydrogens is 316 g/mol. The number of rotatable bonds is 7. The van der Waals surface area contributed by atoms with Crippen LogP contribution in [0.15, 0.2) is 0 Å². The van der Waals surface area contributed by atoms with Gasteiger partial charge in [0.05, 0.1) is 11.8 Å². The van der Waals surface area contributed by atoms with E-state index in [9.17, 15) is 29.7 Å². The topological polar surface area (TPSA) is 179 Å². The van der Waals surface area contributed by atoms with E-state index in [0.717, 1.165) is 0 Å². The van der Waals surface area contributed by atoms with E-state index in [0.29, 0.717) is 9.80 Å². The summed E-state index contributed by atoms with van der Waals surface area (Å²) in [5, 5.41) is 57.6. The molecule has 2 unspecified atom stereocenters. The molecule has 0 spiro atoms. The van der Waals surface area contributed by atoms with E-state index in [1.54, 1.807) is 0 Å². The summed E-state index contributed by atoms with van der Waals surface area (Å²) in [6.45, 7) is -0.274. The molecule has 1 rings (SSSR count). The van der Waals surface area contributed by atoms with Gasteiger partial charge in [0.2, 0.25) is 0 Å². The second-order valence-corrected chi connectivity index (χ2v) is 5.38. The van der Waals surface area contributed by atoms with Gasteiger partial charge in [0.25, 0.3) is 0 Å². The van der Waals surface area contributed by atoms with Crippen LogP contribution >= 0.6 is 0 Å². The first-order valence-electron chi connectivity index (χ1n) is 6.78. The summed E-state index contributed by atoms with van der Waals surface area (Å²) in [5.41, 5.74) is -1.77. The second-order valence-electron chi connectivity index (χ2n) is 5.38. The average Bonchev–Trinajstić information content (AvgIpc) is 2.44. The highest BCUT2D eigenvalue weighted by atomic mass is 16.4. The molecule has 1 aliphatic rings. The Bertz CT molecular complexity index is 453. The number of carboxylic acids is 3. The van der Waals surface area contributed by atoms with Gasteiger partial charge in [0, 0.05) is 0 Å². The Morgan fingerprint density at radius 2 is 1.26 bits per heavy atom. The van der Waals surface area contributed by atoms with E-state index in [2.05, 4.69) is 0 Å². The summed E-state index contributed by atoms with van der Waals surface area (Å²) in [6.07, 6.45) is -6.34. The van der Waals surface area contributed by atoms with Gasteiger partial charge in [0.1, 0.15) is 25.5 Å². The molecule has 0 aromatic carbocycles. The van der Waals surface area contributed by atoms with Gasteiger partial charge in [0.15, 0.2) is 6.35 Å². The Morgan fingerprint density at radius 1 is 0.870 bits per heavy atom. The predicted molar refractivity (Wildman–Crippen MR) is 71.7 cm³/mol. The summed E-state index contributed by atoms with van der Waals surface area (Å²) < 4.78 is 0. The minimum Gasteiger partial charge on any atom is -0.481 e. The Kier molecular flexibility index (Phi) is 6.02. The first-order chi connectivity index (χ1) is 10.6. The van der Waals surface area contributed by atoms with Gasteiger partial charge in [-0.05, 0) is 6.42 Å². The maximum Gasteiger partial charge on any atom is 0.317 e. The number of aliphatic hydroxyl groups excluding tert-OH is 3. The van der Waals surface area contributed by atoms with Crippen molar-refractivity contribution in [2.75, 3.05) is 13.1 Å². The average molecular weight is 336 g/mol. The van der Waals surface area contributed by atoms with Crippen LogP contribution in [0.1, 0.15) is 19.8 Å². The number of hydrogen-bond donors (Lipinski definition) is 6. The van der Waals surface area contributed by atoms with Crippen molar-refractivity contribution in [1.29, 1.82) is 0 Å². The molecule has 1 fully saturated rings. The highest BCUT2D eigenvalue weighted by Gasteiger charge is 2.57. The zero-order valence-corrected chi connectivity index (χ0v) is 12.4. The number of carboxylic acid groups (broad SMARTS) is 3. The van der Waals surface area contributed by atoms with Crippen LogP contribution in [0.4, 0.5) is 0 Å². The fourth-order valence-corrected chi connectivity index (χ4v) is 2.84. The van der Waals surface area contributed by atoms with Crippen molar-refractivity contribution in [2.24, 2.45) is 5.41 Å². The molecule has 0 bridgehead atoms. The van der Waals surface area contributed by atoms with Gasteiger partial charge in [-0.25, -0.2) is 9.80 Å². The lowest BCUT2D eigenvalue weighted by molar-refractivity contribution is -0.318. The summed E-state index contributed by atoms with van der Waals surface area (Å²) in [7, 11) is 0. The van der Waals surface area contributed by atoms with Crippen molar-refractivity contribution >= 4 is 17.9 Å². The highest BCUT2D eigenvalue weighted by Crippen LogP contribution is 2.42. The van der Waals surface area contributed by atoms with Gasteiger partial charge in [-0.3, -0.25) is 14.4 Å². The van der Waals surface area contributed by atoms with Gasteiger partial charge in [-0.1, -0.05) is 6.92 Å². The SMILES string of the molecule is CCC1(CC(=O)O)C(O)N(CC(=O)O)C(O)N(CC(=O)O)C1O. The monoisotopic (exact) mass is 336 g/mol. The standard InChI is InChI=1S/C12H20N2O9/c1-2-12(3-6(15)16)9(21)13(4-7(17)18)11(23)14(10(12)22)5-8(19)20/h9-11,21-23H,2-5H2,1H3,(H,15,16)(H,17,18)(H,19,20). The number of carbonyl (C=O) groups is 3. The molecule has 0 aromatic heterocycles. The second kappa shape index (κ2) is 7.19. The smallest absolute Gasteiger partial charge is 0.317 e. The maximum atomic E-state index is 11.1. The Labute approximate surface area is 131 Å². The molecule has 2 atom stereocenters. The molecule has 0 radical (unpaired) electrons. The minimum atomic E-state index is -1.90. The van der Waals surface area contributed by atoms with Crippen LogP contribution in [-0.4, -0.2) is 90.2 Å². The van der Waals surface area contributed by atoms with Gasteiger partial charge in [-0.2, -0.15) is 0 Å². The number of nitrogens with zero attached hydrogens (tertiary/aromatic N) is 2. The van der Waals surface area contributed by atoms with Gasteiger partial charge >= 0.3 is 17.9 Å². The first kappa shape index (κ1) is 19.3. The third kappa shape index (κ3) is 3.76.